The Kier molecular flexibility index (Phi) is 8.37. The van der Waals surface area contributed by atoms with Crippen molar-refractivity contribution in [1.82, 2.24) is 0 Å². The Labute approximate surface area is 240 Å². The first-order valence-corrected chi connectivity index (χ1v) is 14.1. The lowest BCUT2D eigenvalue weighted by Gasteiger charge is -2.16. The third-order valence-electron chi connectivity index (χ3n) is 6.40. The number of amidine groups is 1. The molecule has 0 radical (unpaired) electrons. The van der Waals surface area contributed by atoms with Crippen LogP contribution in [-0.4, -0.2) is 17.7 Å². The zero-order chi connectivity index (χ0) is 28.1. The number of aryl methyl sites for hydroxylation is 3. The van der Waals surface area contributed by atoms with E-state index in [1.807, 2.05) is 106 Å². The fraction of sp³-hybridized carbons (Fsp3) is 0.176. The molecule has 0 aliphatic carbocycles. The van der Waals surface area contributed by atoms with Crippen LogP contribution in [0.15, 0.2) is 101 Å². The maximum Gasteiger partial charge on any atom is 0.271 e. The number of hydrogen-bond donors (Lipinski definition) is 0. The number of amides is 1. The largest absolute Gasteiger partial charge is 0.490 e. The highest BCUT2D eigenvalue weighted by atomic mass is 32.2. The lowest BCUT2D eigenvalue weighted by Crippen LogP contribution is -2.28. The number of ether oxygens (including phenoxy) is 2. The first kappa shape index (κ1) is 27.3. The van der Waals surface area contributed by atoms with E-state index >= 15 is 0 Å². The van der Waals surface area contributed by atoms with Crippen molar-refractivity contribution >= 4 is 40.3 Å². The SMILES string of the molecule is CCOc1cc(/C=C2/SC(=Nc3ccc(C)cc3)N(c3ccc(C)cc3)C2=O)ccc1OCc1cccc(C)c1. The molecule has 1 amide bonds. The number of benzene rings is 4. The van der Waals surface area contributed by atoms with Gasteiger partial charge in [-0.25, -0.2) is 4.99 Å². The lowest BCUT2D eigenvalue weighted by molar-refractivity contribution is -0.113. The first-order valence-electron chi connectivity index (χ1n) is 13.3. The van der Waals surface area contributed by atoms with Gasteiger partial charge in [-0.15, -0.1) is 0 Å². The summed E-state index contributed by atoms with van der Waals surface area (Å²) in [5.74, 6) is 1.19. The normalized spacial score (nSPS) is 15.2. The number of thioether (sulfide) groups is 1. The molecule has 0 atom stereocenters. The zero-order valence-corrected chi connectivity index (χ0v) is 24.0. The van der Waals surface area contributed by atoms with E-state index in [9.17, 15) is 4.79 Å². The van der Waals surface area contributed by atoms with E-state index in [4.69, 9.17) is 14.5 Å². The van der Waals surface area contributed by atoms with Gasteiger partial charge in [0.1, 0.15) is 6.61 Å². The van der Waals surface area contributed by atoms with Crippen molar-refractivity contribution in [3.05, 3.63) is 124 Å². The zero-order valence-electron chi connectivity index (χ0n) is 23.2. The third-order valence-corrected chi connectivity index (χ3v) is 7.37. The topological polar surface area (TPSA) is 51.1 Å². The quantitative estimate of drug-likeness (QED) is 0.208. The predicted molar refractivity (Wildman–Crippen MR) is 166 cm³/mol. The minimum atomic E-state index is -0.113. The molecule has 1 fully saturated rings. The molecule has 4 aromatic carbocycles. The second kappa shape index (κ2) is 12.3. The number of hydrogen-bond acceptors (Lipinski definition) is 5. The number of anilines is 1. The fourth-order valence-corrected chi connectivity index (χ4v) is 5.32. The molecular weight excluding hydrogens is 516 g/mol. The molecule has 0 unspecified atom stereocenters. The molecule has 1 saturated heterocycles. The summed E-state index contributed by atoms with van der Waals surface area (Å²) in [7, 11) is 0. The van der Waals surface area contributed by atoms with E-state index < -0.39 is 0 Å². The summed E-state index contributed by atoms with van der Waals surface area (Å²) in [6.07, 6.45) is 1.89. The van der Waals surface area contributed by atoms with Crippen LogP contribution in [0.25, 0.3) is 6.08 Å². The van der Waals surface area contributed by atoms with Crippen LogP contribution in [0, 0.1) is 20.8 Å². The third kappa shape index (κ3) is 6.46. The molecule has 0 spiro atoms. The summed E-state index contributed by atoms with van der Waals surface area (Å²) < 4.78 is 12.0. The summed E-state index contributed by atoms with van der Waals surface area (Å²) in [6.45, 7) is 9.03. The molecule has 6 heteroatoms. The van der Waals surface area contributed by atoms with Gasteiger partial charge in [0.25, 0.3) is 5.91 Å². The predicted octanol–water partition coefficient (Wildman–Crippen LogP) is 8.40. The average molecular weight is 549 g/mol. The van der Waals surface area contributed by atoms with Gasteiger partial charge in [0.05, 0.1) is 22.9 Å². The second-order valence-electron chi connectivity index (χ2n) is 9.73. The molecule has 1 aliphatic heterocycles. The maximum atomic E-state index is 13.7. The Morgan fingerprint density at radius 2 is 1.52 bits per heavy atom. The van der Waals surface area contributed by atoms with Gasteiger partial charge in [-0.2, -0.15) is 0 Å². The van der Waals surface area contributed by atoms with E-state index in [0.29, 0.717) is 34.8 Å². The van der Waals surface area contributed by atoms with Gasteiger partial charge in [0.2, 0.25) is 0 Å². The van der Waals surface area contributed by atoms with Gasteiger partial charge >= 0.3 is 0 Å². The second-order valence-corrected chi connectivity index (χ2v) is 10.7. The molecular formula is C34H32N2O3S. The highest BCUT2D eigenvalue weighted by molar-refractivity contribution is 8.19. The summed E-state index contributed by atoms with van der Waals surface area (Å²) >= 11 is 1.37. The van der Waals surface area contributed by atoms with E-state index in [2.05, 4.69) is 19.1 Å². The molecule has 202 valence electrons. The van der Waals surface area contributed by atoms with Crippen LogP contribution in [0.5, 0.6) is 11.5 Å². The monoisotopic (exact) mass is 548 g/mol. The van der Waals surface area contributed by atoms with Gasteiger partial charge in [-0.1, -0.05) is 71.3 Å². The van der Waals surface area contributed by atoms with Crippen LogP contribution in [-0.2, 0) is 11.4 Å². The van der Waals surface area contributed by atoms with Gasteiger partial charge in [0, 0.05) is 0 Å². The number of carbonyl (C=O) groups is 1. The highest BCUT2D eigenvalue weighted by Crippen LogP contribution is 2.38. The molecule has 0 bridgehead atoms. The van der Waals surface area contributed by atoms with E-state index in [0.717, 1.165) is 33.6 Å². The Balaban J connectivity index is 1.45. The van der Waals surface area contributed by atoms with Crippen molar-refractivity contribution in [3.8, 4) is 11.5 Å². The number of rotatable bonds is 8. The van der Waals surface area contributed by atoms with Crippen molar-refractivity contribution in [2.24, 2.45) is 4.99 Å². The Morgan fingerprint density at radius 3 is 2.23 bits per heavy atom. The molecule has 5 rings (SSSR count). The molecule has 0 saturated carbocycles. The van der Waals surface area contributed by atoms with Crippen LogP contribution < -0.4 is 14.4 Å². The van der Waals surface area contributed by atoms with Gasteiger partial charge in [-0.3, -0.25) is 9.69 Å². The van der Waals surface area contributed by atoms with Gasteiger partial charge in [0.15, 0.2) is 16.7 Å². The van der Waals surface area contributed by atoms with Crippen molar-refractivity contribution in [2.75, 3.05) is 11.5 Å². The smallest absolute Gasteiger partial charge is 0.271 e. The lowest BCUT2D eigenvalue weighted by atomic mass is 10.1. The van der Waals surface area contributed by atoms with Crippen LogP contribution in [0.4, 0.5) is 11.4 Å². The molecule has 4 aromatic rings. The summed E-state index contributed by atoms with van der Waals surface area (Å²) in [5, 5.41) is 0.618. The van der Waals surface area contributed by atoms with Crippen LogP contribution in [0.1, 0.15) is 34.7 Å². The molecule has 0 N–H and O–H groups in total. The molecule has 1 aliphatic rings. The summed E-state index contributed by atoms with van der Waals surface area (Å²) in [6, 6.07) is 29.9. The Morgan fingerprint density at radius 1 is 0.800 bits per heavy atom. The van der Waals surface area contributed by atoms with Crippen molar-refractivity contribution in [1.29, 1.82) is 0 Å². The van der Waals surface area contributed by atoms with Crippen LogP contribution in [0.2, 0.25) is 0 Å². The van der Waals surface area contributed by atoms with Crippen molar-refractivity contribution < 1.29 is 14.3 Å². The minimum absolute atomic E-state index is 0.113. The number of carbonyl (C=O) groups excluding carboxylic acids is 1. The first-order chi connectivity index (χ1) is 19.4. The summed E-state index contributed by atoms with van der Waals surface area (Å²) in [5.41, 5.74) is 7.01. The Hall–Kier alpha value is -4.29. The number of nitrogens with zero attached hydrogens (tertiary/aromatic N) is 2. The molecule has 1 heterocycles. The van der Waals surface area contributed by atoms with Crippen molar-refractivity contribution in [3.63, 3.8) is 0 Å². The average Bonchev–Trinajstić information content (AvgIpc) is 3.24. The fourth-order valence-electron chi connectivity index (χ4n) is 4.32. The maximum absolute atomic E-state index is 13.7. The van der Waals surface area contributed by atoms with E-state index in [1.54, 1.807) is 4.90 Å². The van der Waals surface area contributed by atoms with Crippen molar-refractivity contribution in [2.45, 2.75) is 34.3 Å². The standard InChI is InChI=1S/C34H32N2O3S/c1-5-38-31-20-26(13-18-30(31)39-22-27-8-6-7-25(4)19-27)21-32-33(37)36(29-16-11-24(3)12-17-29)34(40-32)35-28-14-9-23(2)10-15-28/h6-21H,5,22H2,1-4H3/b32-21+,35-34?. The van der Waals surface area contributed by atoms with Gasteiger partial charge in [-0.05, 0) is 93.1 Å². The Bertz CT molecular complexity index is 1570. The van der Waals surface area contributed by atoms with E-state index in [1.165, 1.54) is 17.3 Å². The minimum Gasteiger partial charge on any atom is -0.490 e. The van der Waals surface area contributed by atoms with E-state index in [-0.39, 0.29) is 5.91 Å². The molecule has 40 heavy (non-hydrogen) atoms. The molecule has 5 nitrogen and oxygen atoms in total. The molecule has 0 aromatic heterocycles. The van der Waals surface area contributed by atoms with Crippen LogP contribution in [0.3, 0.4) is 0 Å². The van der Waals surface area contributed by atoms with Gasteiger partial charge < -0.3 is 9.47 Å². The summed E-state index contributed by atoms with van der Waals surface area (Å²) in [4.78, 5) is 20.8. The number of aliphatic imine (C=N–C) groups is 1. The van der Waals surface area contributed by atoms with Crippen LogP contribution >= 0.6 is 11.8 Å². The highest BCUT2D eigenvalue weighted by Gasteiger charge is 2.34.